The van der Waals surface area contributed by atoms with Gasteiger partial charge in [-0.25, -0.2) is 13.1 Å². The molecule has 0 heterocycles. The highest BCUT2D eigenvalue weighted by Crippen LogP contribution is 2.37. The molecular weight excluding hydrogens is 384 g/mol. The zero-order valence-electron chi connectivity index (χ0n) is 15.7. The minimum absolute atomic E-state index is 0.0383. The van der Waals surface area contributed by atoms with Gasteiger partial charge in [0.1, 0.15) is 0 Å². The van der Waals surface area contributed by atoms with Crippen molar-refractivity contribution in [1.29, 1.82) is 0 Å². The van der Waals surface area contributed by atoms with Crippen molar-refractivity contribution in [3.8, 4) is 11.1 Å². The summed E-state index contributed by atoms with van der Waals surface area (Å²) < 4.78 is 26.9. The molecule has 0 saturated carbocycles. The van der Waals surface area contributed by atoms with Crippen LogP contribution in [0.3, 0.4) is 0 Å². The Bertz CT molecular complexity index is 1220. The Kier molecular flexibility index (Phi) is 5.05. The van der Waals surface area contributed by atoms with Crippen molar-refractivity contribution in [3.63, 3.8) is 0 Å². The second-order valence-electron chi connectivity index (χ2n) is 6.83. The quantitative estimate of drug-likeness (QED) is 0.478. The van der Waals surface area contributed by atoms with Crippen LogP contribution in [-0.2, 0) is 16.4 Å². The number of nitrogens with one attached hydrogen (secondary N) is 2. The first-order valence-electron chi connectivity index (χ1n) is 9.21. The molecule has 1 amide bonds. The van der Waals surface area contributed by atoms with Crippen LogP contribution < -0.4 is 10.0 Å². The van der Waals surface area contributed by atoms with Gasteiger partial charge in [-0.2, -0.15) is 0 Å². The molecule has 4 rings (SSSR count). The zero-order valence-corrected chi connectivity index (χ0v) is 16.5. The van der Waals surface area contributed by atoms with Gasteiger partial charge in [0.25, 0.3) is 5.91 Å². The smallest absolute Gasteiger partial charge is 0.255 e. The fourth-order valence-electron chi connectivity index (χ4n) is 3.48. The van der Waals surface area contributed by atoms with Crippen LogP contribution in [0.4, 0.5) is 5.69 Å². The van der Waals surface area contributed by atoms with E-state index in [1.807, 2.05) is 30.3 Å². The molecule has 1 aliphatic carbocycles. The van der Waals surface area contributed by atoms with Crippen molar-refractivity contribution in [1.82, 2.24) is 4.72 Å². The van der Waals surface area contributed by atoms with Crippen LogP contribution in [-0.4, -0.2) is 20.9 Å². The Labute approximate surface area is 170 Å². The molecule has 0 aliphatic heterocycles. The number of carbonyl (C=O) groups is 1. The maximum absolute atomic E-state index is 12.7. The number of hydrogen-bond acceptors (Lipinski definition) is 3. The zero-order chi connectivity index (χ0) is 20.4. The SMILES string of the molecule is C=CCNS(=O)(=O)c1cccc(C(=O)Nc2ccc3c(c2)Cc2ccccc2-3)c1. The van der Waals surface area contributed by atoms with E-state index in [2.05, 4.69) is 28.8 Å². The van der Waals surface area contributed by atoms with E-state index >= 15 is 0 Å². The van der Waals surface area contributed by atoms with E-state index in [-0.39, 0.29) is 22.9 Å². The molecule has 2 N–H and O–H groups in total. The van der Waals surface area contributed by atoms with Gasteiger partial charge in [-0.3, -0.25) is 4.79 Å². The molecule has 3 aromatic carbocycles. The highest BCUT2D eigenvalue weighted by Gasteiger charge is 2.19. The number of amides is 1. The van der Waals surface area contributed by atoms with E-state index in [4.69, 9.17) is 0 Å². The molecular formula is C23H20N2O3S. The number of benzene rings is 3. The third kappa shape index (κ3) is 3.85. The van der Waals surface area contributed by atoms with E-state index in [1.165, 1.54) is 34.9 Å². The van der Waals surface area contributed by atoms with Crippen molar-refractivity contribution >= 4 is 21.6 Å². The predicted octanol–water partition coefficient (Wildman–Crippen LogP) is 3.97. The van der Waals surface area contributed by atoms with E-state index in [9.17, 15) is 13.2 Å². The van der Waals surface area contributed by atoms with Gasteiger partial charge in [0.2, 0.25) is 10.0 Å². The molecule has 29 heavy (non-hydrogen) atoms. The first-order valence-corrected chi connectivity index (χ1v) is 10.7. The first kappa shape index (κ1) is 19.1. The molecule has 0 unspecified atom stereocenters. The monoisotopic (exact) mass is 404 g/mol. The highest BCUT2D eigenvalue weighted by atomic mass is 32.2. The summed E-state index contributed by atoms with van der Waals surface area (Å²) in [6, 6.07) is 20.1. The Hall–Kier alpha value is -3.22. The largest absolute Gasteiger partial charge is 0.322 e. The van der Waals surface area contributed by atoms with Crippen LogP contribution >= 0.6 is 0 Å². The normalized spacial score (nSPS) is 12.1. The van der Waals surface area contributed by atoms with Crippen molar-refractivity contribution < 1.29 is 13.2 Å². The van der Waals surface area contributed by atoms with E-state index < -0.39 is 10.0 Å². The van der Waals surface area contributed by atoms with Crippen molar-refractivity contribution in [2.45, 2.75) is 11.3 Å². The maximum Gasteiger partial charge on any atom is 0.255 e. The lowest BCUT2D eigenvalue weighted by Crippen LogP contribution is -2.24. The first-order chi connectivity index (χ1) is 14.0. The van der Waals surface area contributed by atoms with Gasteiger partial charge >= 0.3 is 0 Å². The Morgan fingerprint density at radius 3 is 2.59 bits per heavy atom. The summed E-state index contributed by atoms with van der Waals surface area (Å²) >= 11 is 0. The minimum Gasteiger partial charge on any atom is -0.322 e. The van der Waals surface area contributed by atoms with E-state index in [0.717, 1.165) is 12.0 Å². The van der Waals surface area contributed by atoms with Gasteiger partial charge in [-0.05, 0) is 59.0 Å². The molecule has 146 valence electrons. The van der Waals surface area contributed by atoms with Gasteiger partial charge in [0.05, 0.1) is 4.90 Å². The number of carbonyl (C=O) groups excluding carboxylic acids is 1. The van der Waals surface area contributed by atoms with Gasteiger partial charge in [0, 0.05) is 17.8 Å². The topological polar surface area (TPSA) is 75.3 Å². The number of rotatable bonds is 6. The third-order valence-electron chi connectivity index (χ3n) is 4.88. The average Bonchev–Trinajstić information content (AvgIpc) is 3.10. The molecule has 0 atom stereocenters. The van der Waals surface area contributed by atoms with Crippen molar-refractivity contribution in [3.05, 3.63) is 96.1 Å². The molecule has 0 radical (unpaired) electrons. The average molecular weight is 404 g/mol. The van der Waals surface area contributed by atoms with Gasteiger partial charge in [0.15, 0.2) is 0 Å². The molecule has 1 aliphatic rings. The third-order valence-corrected chi connectivity index (χ3v) is 6.30. The van der Waals surface area contributed by atoms with E-state index in [0.29, 0.717) is 5.69 Å². The van der Waals surface area contributed by atoms with Crippen LogP contribution in [0.25, 0.3) is 11.1 Å². The van der Waals surface area contributed by atoms with Crippen LogP contribution in [0, 0.1) is 0 Å². The number of fused-ring (bicyclic) bond motifs is 3. The molecule has 0 fully saturated rings. The number of hydrogen-bond donors (Lipinski definition) is 2. The van der Waals surface area contributed by atoms with Gasteiger partial charge in [-0.15, -0.1) is 6.58 Å². The molecule has 0 bridgehead atoms. The van der Waals surface area contributed by atoms with Crippen molar-refractivity contribution in [2.75, 3.05) is 11.9 Å². The molecule has 3 aromatic rings. The van der Waals surface area contributed by atoms with Crippen LogP contribution in [0.1, 0.15) is 21.5 Å². The van der Waals surface area contributed by atoms with Crippen LogP contribution in [0.2, 0.25) is 0 Å². The lowest BCUT2D eigenvalue weighted by Gasteiger charge is -2.09. The minimum atomic E-state index is -3.69. The Morgan fingerprint density at radius 1 is 0.966 bits per heavy atom. The summed E-state index contributed by atoms with van der Waals surface area (Å²) in [6.07, 6.45) is 2.29. The molecule has 5 nitrogen and oxygen atoms in total. The van der Waals surface area contributed by atoms with Crippen molar-refractivity contribution in [2.24, 2.45) is 0 Å². The maximum atomic E-state index is 12.7. The fraction of sp³-hybridized carbons (Fsp3) is 0.0870. The molecule has 0 aromatic heterocycles. The molecule has 0 spiro atoms. The summed E-state index contributed by atoms with van der Waals surface area (Å²) in [5.41, 5.74) is 5.80. The number of anilines is 1. The lowest BCUT2D eigenvalue weighted by molar-refractivity contribution is 0.102. The van der Waals surface area contributed by atoms with Gasteiger partial charge in [-0.1, -0.05) is 42.5 Å². The second kappa shape index (κ2) is 7.66. The summed E-state index contributed by atoms with van der Waals surface area (Å²) in [6.45, 7) is 3.62. The van der Waals surface area contributed by atoms with Gasteiger partial charge < -0.3 is 5.32 Å². The van der Waals surface area contributed by atoms with E-state index in [1.54, 1.807) is 12.1 Å². The van der Waals surface area contributed by atoms with Crippen LogP contribution in [0.5, 0.6) is 0 Å². The number of sulfonamides is 1. The summed E-state index contributed by atoms with van der Waals surface area (Å²) in [5.74, 6) is -0.360. The Morgan fingerprint density at radius 2 is 1.76 bits per heavy atom. The Balaban J connectivity index is 1.54. The second-order valence-corrected chi connectivity index (χ2v) is 8.60. The summed E-state index contributed by atoms with van der Waals surface area (Å²) in [5, 5.41) is 2.87. The standard InChI is InChI=1S/C23H20N2O3S/c1-2-12-24-29(27,28)20-8-5-7-17(15-20)23(26)25-19-10-11-22-18(14-19)13-16-6-3-4-9-21(16)22/h2-11,14-15,24H,1,12-13H2,(H,25,26). The fourth-order valence-corrected chi connectivity index (χ4v) is 4.53. The molecule has 6 heteroatoms. The lowest BCUT2D eigenvalue weighted by atomic mass is 10.1. The molecule has 0 saturated heterocycles. The van der Waals surface area contributed by atoms with Crippen LogP contribution in [0.15, 0.2) is 84.3 Å². The predicted molar refractivity (Wildman–Crippen MR) is 114 cm³/mol. The summed E-state index contributed by atoms with van der Waals surface area (Å²) in [4.78, 5) is 12.7. The highest BCUT2D eigenvalue weighted by molar-refractivity contribution is 7.89. The summed E-state index contributed by atoms with van der Waals surface area (Å²) in [7, 11) is -3.69.